The molecule has 1 N–H and O–H groups in total. The van der Waals surface area contributed by atoms with Crippen LogP contribution in [0, 0.1) is 0 Å². The molecule has 1 atom stereocenters. The second-order valence-electron chi connectivity index (χ2n) is 4.71. The standard InChI is InChI=1S/C12H26N2/c1-4-9-14(11(2)3)10-7-12-6-5-8-13-12/h11-13H,4-10H2,1-3H3. The molecule has 0 aromatic heterocycles. The summed E-state index contributed by atoms with van der Waals surface area (Å²) in [6.07, 6.45) is 5.37. The Kier molecular flexibility index (Phi) is 5.49. The molecule has 0 saturated carbocycles. The summed E-state index contributed by atoms with van der Waals surface area (Å²) in [7, 11) is 0. The van der Waals surface area contributed by atoms with E-state index in [4.69, 9.17) is 0 Å². The summed E-state index contributed by atoms with van der Waals surface area (Å²) in [5, 5.41) is 3.57. The van der Waals surface area contributed by atoms with Crippen LogP contribution in [0.1, 0.15) is 46.5 Å². The van der Waals surface area contributed by atoms with E-state index < -0.39 is 0 Å². The van der Waals surface area contributed by atoms with Gasteiger partial charge in [-0.15, -0.1) is 0 Å². The van der Waals surface area contributed by atoms with E-state index in [2.05, 4.69) is 31.0 Å². The van der Waals surface area contributed by atoms with Gasteiger partial charge in [0.25, 0.3) is 0 Å². The minimum atomic E-state index is 0.705. The van der Waals surface area contributed by atoms with Crippen molar-refractivity contribution in [2.24, 2.45) is 0 Å². The van der Waals surface area contributed by atoms with Crippen molar-refractivity contribution in [1.29, 1.82) is 0 Å². The summed E-state index contributed by atoms with van der Waals surface area (Å²) in [5.74, 6) is 0. The number of hydrogen-bond acceptors (Lipinski definition) is 2. The molecule has 0 radical (unpaired) electrons. The summed E-state index contributed by atoms with van der Waals surface area (Å²) in [6, 6.07) is 1.50. The first kappa shape index (κ1) is 12.0. The highest BCUT2D eigenvalue weighted by molar-refractivity contribution is 4.76. The Balaban J connectivity index is 2.17. The van der Waals surface area contributed by atoms with Crippen LogP contribution in [0.2, 0.25) is 0 Å². The van der Waals surface area contributed by atoms with Crippen LogP contribution in [0.15, 0.2) is 0 Å². The molecule has 0 aliphatic carbocycles. The van der Waals surface area contributed by atoms with Gasteiger partial charge in [0.2, 0.25) is 0 Å². The molecule has 0 aromatic carbocycles. The van der Waals surface area contributed by atoms with Crippen LogP contribution >= 0.6 is 0 Å². The lowest BCUT2D eigenvalue weighted by molar-refractivity contribution is 0.212. The van der Waals surface area contributed by atoms with E-state index in [9.17, 15) is 0 Å². The smallest absolute Gasteiger partial charge is 0.00797 e. The molecule has 1 aliphatic heterocycles. The molecule has 2 nitrogen and oxygen atoms in total. The minimum absolute atomic E-state index is 0.705. The molecule has 1 heterocycles. The Morgan fingerprint density at radius 1 is 1.36 bits per heavy atom. The number of rotatable bonds is 6. The van der Waals surface area contributed by atoms with Gasteiger partial charge < -0.3 is 10.2 Å². The predicted molar refractivity (Wildman–Crippen MR) is 62.6 cm³/mol. The van der Waals surface area contributed by atoms with E-state index in [0.29, 0.717) is 6.04 Å². The largest absolute Gasteiger partial charge is 0.314 e. The molecular formula is C12H26N2. The maximum absolute atomic E-state index is 3.57. The van der Waals surface area contributed by atoms with E-state index in [1.807, 2.05) is 0 Å². The van der Waals surface area contributed by atoms with Crippen molar-refractivity contribution >= 4 is 0 Å². The zero-order chi connectivity index (χ0) is 10.4. The highest BCUT2D eigenvalue weighted by Crippen LogP contribution is 2.10. The summed E-state index contributed by atoms with van der Waals surface area (Å²) in [5.41, 5.74) is 0. The minimum Gasteiger partial charge on any atom is -0.314 e. The molecule has 14 heavy (non-hydrogen) atoms. The highest BCUT2D eigenvalue weighted by atomic mass is 15.1. The molecule has 1 aliphatic rings. The second kappa shape index (κ2) is 6.41. The first-order valence-electron chi connectivity index (χ1n) is 6.21. The van der Waals surface area contributed by atoms with Gasteiger partial charge in [-0.1, -0.05) is 6.92 Å². The molecule has 1 saturated heterocycles. The first-order valence-corrected chi connectivity index (χ1v) is 6.21. The SMILES string of the molecule is CCCN(CCC1CCCN1)C(C)C. The third-order valence-electron chi connectivity index (χ3n) is 3.17. The van der Waals surface area contributed by atoms with Crippen LogP contribution in [-0.4, -0.2) is 36.6 Å². The fourth-order valence-electron chi connectivity index (χ4n) is 2.24. The van der Waals surface area contributed by atoms with Crippen molar-refractivity contribution in [2.45, 2.75) is 58.5 Å². The quantitative estimate of drug-likeness (QED) is 0.704. The van der Waals surface area contributed by atoms with Crippen LogP contribution in [-0.2, 0) is 0 Å². The van der Waals surface area contributed by atoms with Crippen LogP contribution < -0.4 is 5.32 Å². The lowest BCUT2D eigenvalue weighted by Crippen LogP contribution is -2.35. The van der Waals surface area contributed by atoms with Gasteiger partial charge in [-0.3, -0.25) is 0 Å². The Bertz CT molecular complexity index is 139. The number of nitrogens with zero attached hydrogens (tertiary/aromatic N) is 1. The van der Waals surface area contributed by atoms with Gasteiger partial charge in [0, 0.05) is 12.1 Å². The molecule has 1 fully saturated rings. The Labute approximate surface area is 89.1 Å². The fraction of sp³-hybridized carbons (Fsp3) is 1.00. The van der Waals surface area contributed by atoms with Crippen molar-refractivity contribution in [3.8, 4) is 0 Å². The Morgan fingerprint density at radius 3 is 2.64 bits per heavy atom. The third kappa shape index (κ3) is 3.97. The zero-order valence-electron chi connectivity index (χ0n) is 10.1. The van der Waals surface area contributed by atoms with Gasteiger partial charge in [0.05, 0.1) is 0 Å². The second-order valence-corrected chi connectivity index (χ2v) is 4.71. The first-order chi connectivity index (χ1) is 6.74. The van der Waals surface area contributed by atoms with Crippen LogP contribution in [0.4, 0.5) is 0 Å². The molecule has 0 amide bonds. The molecule has 84 valence electrons. The maximum Gasteiger partial charge on any atom is 0.00797 e. The predicted octanol–water partition coefficient (Wildman–Crippen LogP) is 2.25. The summed E-state index contributed by atoms with van der Waals surface area (Å²) < 4.78 is 0. The van der Waals surface area contributed by atoms with Crippen molar-refractivity contribution in [3.05, 3.63) is 0 Å². The molecule has 1 rings (SSSR count). The van der Waals surface area contributed by atoms with E-state index >= 15 is 0 Å². The topological polar surface area (TPSA) is 15.3 Å². The van der Waals surface area contributed by atoms with Gasteiger partial charge in [0.1, 0.15) is 0 Å². The molecule has 0 bridgehead atoms. The molecular weight excluding hydrogens is 172 g/mol. The average Bonchev–Trinajstić information content (AvgIpc) is 2.64. The summed E-state index contributed by atoms with van der Waals surface area (Å²) in [6.45, 7) is 10.6. The number of nitrogens with one attached hydrogen (secondary N) is 1. The normalized spacial score (nSPS) is 22.5. The highest BCUT2D eigenvalue weighted by Gasteiger charge is 2.16. The molecule has 0 spiro atoms. The third-order valence-corrected chi connectivity index (χ3v) is 3.17. The van der Waals surface area contributed by atoms with Gasteiger partial charge in [-0.05, 0) is 59.2 Å². The van der Waals surface area contributed by atoms with Gasteiger partial charge >= 0.3 is 0 Å². The van der Waals surface area contributed by atoms with Gasteiger partial charge in [-0.2, -0.15) is 0 Å². The lowest BCUT2D eigenvalue weighted by atomic mass is 10.1. The van der Waals surface area contributed by atoms with Crippen LogP contribution in [0.25, 0.3) is 0 Å². The van der Waals surface area contributed by atoms with E-state index in [1.54, 1.807) is 0 Å². The summed E-state index contributed by atoms with van der Waals surface area (Å²) >= 11 is 0. The Morgan fingerprint density at radius 2 is 2.14 bits per heavy atom. The molecule has 1 unspecified atom stereocenters. The monoisotopic (exact) mass is 198 g/mol. The van der Waals surface area contributed by atoms with Crippen molar-refractivity contribution in [2.75, 3.05) is 19.6 Å². The van der Waals surface area contributed by atoms with E-state index in [1.165, 1.54) is 45.3 Å². The fourth-order valence-corrected chi connectivity index (χ4v) is 2.24. The van der Waals surface area contributed by atoms with E-state index in [0.717, 1.165) is 6.04 Å². The summed E-state index contributed by atoms with van der Waals surface area (Å²) in [4.78, 5) is 2.60. The van der Waals surface area contributed by atoms with E-state index in [-0.39, 0.29) is 0 Å². The van der Waals surface area contributed by atoms with Gasteiger partial charge in [0.15, 0.2) is 0 Å². The van der Waals surface area contributed by atoms with Gasteiger partial charge in [-0.25, -0.2) is 0 Å². The molecule has 0 aromatic rings. The number of hydrogen-bond donors (Lipinski definition) is 1. The van der Waals surface area contributed by atoms with Crippen LogP contribution in [0.5, 0.6) is 0 Å². The lowest BCUT2D eigenvalue weighted by Gasteiger charge is -2.27. The van der Waals surface area contributed by atoms with Crippen LogP contribution in [0.3, 0.4) is 0 Å². The van der Waals surface area contributed by atoms with Crippen molar-refractivity contribution in [1.82, 2.24) is 10.2 Å². The average molecular weight is 198 g/mol. The maximum atomic E-state index is 3.57. The Hall–Kier alpha value is -0.0800. The van der Waals surface area contributed by atoms with Crippen molar-refractivity contribution < 1.29 is 0 Å². The zero-order valence-corrected chi connectivity index (χ0v) is 10.1. The molecule has 2 heteroatoms. The van der Waals surface area contributed by atoms with Crippen molar-refractivity contribution in [3.63, 3.8) is 0 Å².